The first-order chi connectivity index (χ1) is 9.44. The lowest BCUT2D eigenvalue weighted by molar-refractivity contribution is 0.0156. The van der Waals surface area contributed by atoms with Gasteiger partial charge in [0.05, 0.1) is 19.3 Å². The molecule has 2 heterocycles. The predicted molar refractivity (Wildman–Crippen MR) is 76.3 cm³/mol. The normalized spacial score (nSPS) is 26.9. The molecule has 20 heavy (non-hydrogen) atoms. The Balaban J connectivity index is 1.77. The molecule has 0 bridgehead atoms. The number of carbonyl (C=O) groups excluding carboxylic acids is 1. The first kappa shape index (κ1) is 15.1. The van der Waals surface area contributed by atoms with Crippen LogP contribution in [0.15, 0.2) is 0 Å². The average molecular weight is 280 g/mol. The molecule has 5 nitrogen and oxygen atoms in total. The number of hydrogen-bond acceptors (Lipinski definition) is 4. The second-order valence-electron chi connectivity index (χ2n) is 6.32. The summed E-state index contributed by atoms with van der Waals surface area (Å²) < 4.78 is 10.7. The van der Waals surface area contributed by atoms with Gasteiger partial charge in [-0.2, -0.15) is 0 Å². The molecule has 2 atom stereocenters. The summed E-state index contributed by atoms with van der Waals surface area (Å²) in [5.41, 5.74) is 0.00421. The molecule has 0 aromatic carbocycles. The van der Waals surface area contributed by atoms with Gasteiger partial charge in [-0.25, -0.2) is 4.79 Å². The molecule has 0 aromatic rings. The molecular formula is C15H24N2O3. The second-order valence-corrected chi connectivity index (χ2v) is 6.32. The van der Waals surface area contributed by atoms with Crippen LogP contribution < -0.4 is 5.32 Å². The van der Waals surface area contributed by atoms with Gasteiger partial charge in [-0.3, -0.25) is 5.32 Å². The van der Waals surface area contributed by atoms with Crippen molar-refractivity contribution in [2.45, 2.75) is 39.3 Å². The molecule has 0 aromatic heterocycles. The van der Waals surface area contributed by atoms with Crippen LogP contribution in [0.25, 0.3) is 0 Å². The lowest BCUT2D eigenvalue weighted by Crippen LogP contribution is -2.42. The summed E-state index contributed by atoms with van der Waals surface area (Å²) in [5, 5.41) is 3.29. The average Bonchev–Trinajstić information content (AvgIpc) is 2.84. The Morgan fingerprint density at radius 2 is 2.05 bits per heavy atom. The van der Waals surface area contributed by atoms with E-state index in [4.69, 9.17) is 9.47 Å². The van der Waals surface area contributed by atoms with E-state index in [9.17, 15) is 4.79 Å². The van der Waals surface area contributed by atoms with E-state index in [1.165, 1.54) is 0 Å². The fourth-order valence-corrected chi connectivity index (χ4v) is 2.17. The maximum Gasteiger partial charge on any atom is 0.410 e. The molecule has 2 rings (SSSR count). The van der Waals surface area contributed by atoms with Crippen molar-refractivity contribution in [3.63, 3.8) is 0 Å². The van der Waals surface area contributed by atoms with Gasteiger partial charge in [0.25, 0.3) is 0 Å². The van der Waals surface area contributed by atoms with Gasteiger partial charge in [0.15, 0.2) is 0 Å². The van der Waals surface area contributed by atoms with Gasteiger partial charge < -0.3 is 14.4 Å². The fraction of sp³-hybridized carbons (Fsp3) is 0.800. The van der Waals surface area contributed by atoms with Crippen molar-refractivity contribution in [2.75, 3.05) is 32.8 Å². The summed E-state index contributed by atoms with van der Waals surface area (Å²) in [6.45, 7) is 9.37. The first-order valence-corrected chi connectivity index (χ1v) is 7.23. The largest absolute Gasteiger partial charge is 0.445 e. The highest BCUT2D eigenvalue weighted by Gasteiger charge is 2.28. The molecule has 0 saturated carbocycles. The fourth-order valence-electron chi connectivity index (χ4n) is 2.17. The number of rotatable bonds is 1. The molecule has 1 N–H and O–H groups in total. The van der Waals surface area contributed by atoms with Crippen LogP contribution in [0, 0.1) is 17.3 Å². The highest BCUT2D eigenvalue weighted by atomic mass is 16.6. The predicted octanol–water partition coefficient (Wildman–Crippen LogP) is 1.24. The Labute approximate surface area is 121 Å². The van der Waals surface area contributed by atoms with Gasteiger partial charge in [0.1, 0.15) is 6.10 Å². The highest BCUT2D eigenvalue weighted by Crippen LogP contribution is 2.14. The summed E-state index contributed by atoms with van der Waals surface area (Å²) in [7, 11) is 0. The maximum absolute atomic E-state index is 12.0. The minimum absolute atomic E-state index is 0.00421. The van der Waals surface area contributed by atoms with E-state index in [2.05, 4.69) is 37.9 Å². The smallest absolute Gasteiger partial charge is 0.410 e. The van der Waals surface area contributed by atoms with Crippen molar-refractivity contribution >= 4 is 6.09 Å². The van der Waals surface area contributed by atoms with Crippen molar-refractivity contribution in [3.8, 4) is 11.8 Å². The Kier molecular flexibility index (Phi) is 4.90. The third kappa shape index (κ3) is 4.69. The van der Waals surface area contributed by atoms with Crippen LogP contribution in [-0.4, -0.2) is 56.0 Å². The molecule has 0 spiro atoms. The zero-order valence-corrected chi connectivity index (χ0v) is 12.6. The van der Waals surface area contributed by atoms with Crippen LogP contribution in [0.4, 0.5) is 4.79 Å². The van der Waals surface area contributed by atoms with Gasteiger partial charge in [-0.05, 0) is 20.8 Å². The molecule has 2 aliphatic heterocycles. The molecule has 5 heteroatoms. The van der Waals surface area contributed by atoms with E-state index < -0.39 is 0 Å². The Hall–Kier alpha value is -1.25. The minimum Gasteiger partial charge on any atom is -0.445 e. The quantitative estimate of drug-likeness (QED) is 0.734. The SMILES string of the molecule is CC(C)(C)C#C[C@@H]1C[C@@H](OC(=O)N2CCOCC2)CN1. The van der Waals surface area contributed by atoms with Crippen LogP contribution >= 0.6 is 0 Å². The zero-order valence-electron chi connectivity index (χ0n) is 12.6. The molecule has 0 aliphatic carbocycles. The molecule has 2 aliphatic rings. The Morgan fingerprint density at radius 3 is 2.70 bits per heavy atom. The van der Waals surface area contributed by atoms with Crippen molar-refractivity contribution in [1.29, 1.82) is 0 Å². The molecule has 0 radical (unpaired) electrons. The standard InChI is InChI=1S/C15H24N2O3/c1-15(2,3)5-4-12-10-13(11-16-12)20-14(18)17-6-8-19-9-7-17/h12-13,16H,6-11H2,1-3H3/t12-,13-/m1/s1. The summed E-state index contributed by atoms with van der Waals surface area (Å²) in [4.78, 5) is 13.7. The molecule has 0 unspecified atom stereocenters. The van der Waals surface area contributed by atoms with Crippen LogP contribution in [-0.2, 0) is 9.47 Å². The minimum atomic E-state index is -0.232. The van der Waals surface area contributed by atoms with E-state index in [0.29, 0.717) is 32.8 Å². The van der Waals surface area contributed by atoms with E-state index >= 15 is 0 Å². The molecule has 1 amide bonds. The van der Waals surface area contributed by atoms with Gasteiger partial charge >= 0.3 is 6.09 Å². The van der Waals surface area contributed by atoms with Crippen LogP contribution in [0.5, 0.6) is 0 Å². The van der Waals surface area contributed by atoms with Crippen LogP contribution in [0.2, 0.25) is 0 Å². The van der Waals surface area contributed by atoms with E-state index in [-0.39, 0.29) is 23.7 Å². The summed E-state index contributed by atoms with van der Waals surface area (Å²) in [6, 6.07) is 0.122. The third-order valence-corrected chi connectivity index (χ3v) is 3.25. The van der Waals surface area contributed by atoms with E-state index in [0.717, 1.165) is 6.42 Å². The summed E-state index contributed by atoms with van der Waals surface area (Å²) in [5.74, 6) is 6.44. The summed E-state index contributed by atoms with van der Waals surface area (Å²) in [6.07, 6.45) is 0.452. The zero-order chi connectivity index (χ0) is 14.6. The van der Waals surface area contributed by atoms with Crippen molar-refractivity contribution in [3.05, 3.63) is 0 Å². The van der Waals surface area contributed by atoms with Gasteiger partial charge in [0, 0.05) is 31.5 Å². The molecule has 2 fully saturated rings. The second kappa shape index (κ2) is 6.47. The number of ether oxygens (including phenoxy) is 2. The maximum atomic E-state index is 12.0. The Morgan fingerprint density at radius 1 is 1.35 bits per heavy atom. The Bertz CT molecular complexity index is 400. The van der Waals surface area contributed by atoms with E-state index in [1.54, 1.807) is 4.90 Å². The number of hydrogen-bond donors (Lipinski definition) is 1. The first-order valence-electron chi connectivity index (χ1n) is 7.23. The van der Waals surface area contributed by atoms with Crippen LogP contribution in [0.3, 0.4) is 0 Å². The van der Waals surface area contributed by atoms with Crippen molar-refractivity contribution < 1.29 is 14.3 Å². The lowest BCUT2D eigenvalue weighted by Gasteiger charge is -2.27. The molecular weight excluding hydrogens is 256 g/mol. The van der Waals surface area contributed by atoms with Crippen molar-refractivity contribution in [1.82, 2.24) is 10.2 Å². The van der Waals surface area contributed by atoms with Gasteiger partial charge in [-0.15, -0.1) is 0 Å². The van der Waals surface area contributed by atoms with E-state index in [1.807, 2.05) is 0 Å². The lowest BCUT2D eigenvalue weighted by atomic mass is 9.97. The summed E-state index contributed by atoms with van der Waals surface area (Å²) >= 11 is 0. The molecule has 112 valence electrons. The van der Waals surface area contributed by atoms with Gasteiger partial charge in [0.2, 0.25) is 0 Å². The number of carbonyl (C=O) groups is 1. The number of morpholine rings is 1. The topological polar surface area (TPSA) is 50.8 Å². The van der Waals surface area contributed by atoms with Crippen molar-refractivity contribution in [2.24, 2.45) is 5.41 Å². The van der Waals surface area contributed by atoms with Crippen LogP contribution in [0.1, 0.15) is 27.2 Å². The molecule has 2 saturated heterocycles. The number of amides is 1. The third-order valence-electron chi connectivity index (χ3n) is 3.25. The monoisotopic (exact) mass is 280 g/mol. The number of nitrogens with zero attached hydrogens (tertiary/aromatic N) is 1. The van der Waals surface area contributed by atoms with Gasteiger partial charge in [-0.1, -0.05) is 11.8 Å². The highest BCUT2D eigenvalue weighted by molar-refractivity contribution is 5.68. The number of nitrogens with one attached hydrogen (secondary N) is 1.